The van der Waals surface area contributed by atoms with Crippen LogP contribution >= 0.6 is 11.7 Å². The number of carbonyl (C=O) groups is 1. The van der Waals surface area contributed by atoms with E-state index in [9.17, 15) is 4.79 Å². The lowest BCUT2D eigenvalue weighted by Crippen LogP contribution is -2.44. The van der Waals surface area contributed by atoms with Crippen LogP contribution in [0, 0.1) is 0 Å². The molecule has 21 heavy (non-hydrogen) atoms. The van der Waals surface area contributed by atoms with Crippen LogP contribution < -0.4 is 10.2 Å². The molecule has 1 fully saturated rings. The second kappa shape index (κ2) is 6.53. The Bertz CT molecular complexity index is 587. The summed E-state index contributed by atoms with van der Waals surface area (Å²) in [5.41, 5.74) is 0. The Morgan fingerprint density at radius 2 is 2.33 bits per heavy atom. The number of hydrogen-bond donors (Lipinski definition) is 1. The zero-order valence-corrected chi connectivity index (χ0v) is 12.3. The number of furan rings is 1. The SMILES string of the molecule is O=C(C=Cc1ccco1)NC1CCN(c2cnsn2)CC1. The highest BCUT2D eigenvalue weighted by Crippen LogP contribution is 2.17. The fourth-order valence-corrected chi connectivity index (χ4v) is 2.78. The van der Waals surface area contributed by atoms with E-state index < -0.39 is 0 Å². The lowest BCUT2D eigenvalue weighted by atomic mass is 10.1. The molecule has 1 aliphatic rings. The summed E-state index contributed by atoms with van der Waals surface area (Å²) in [6, 6.07) is 3.81. The van der Waals surface area contributed by atoms with E-state index in [1.807, 2.05) is 6.07 Å². The number of rotatable bonds is 4. The minimum Gasteiger partial charge on any atom is -0.465 e. The molecule has 0 aromatic carbocycles. The molecule has 3 heterocycles. The van der Waals surface area contributed by atoms with Gasteiger partial charge in [-0.05, 0) is 31.1 Å². The van der Waals surface area contributed by atoms with Crippen LogP contribution in [0.4, 0.5) is 5.82 Å². The molecule has 0 unspecified atom stereocenters. The molecule has 2 aromatic heterocycles. The average molecular weight is 304 g/mol. The number of carbonyl (C=O) groups excluding carboxylic acids is 1. The number of hydrogen-bond acceptors (Lipinski definition) is 6. The Kier molecular flexibility index (Phi) is 4.30. The second-order valence-electron chi connectivity index (χ2n) is 4.88. The fraction of sp³-hybridized carbons (Fsp3) is 0.357. The molecule has 110 valence electrons. The highest BCUT2D eigenvalue weighted by molar-refractivity contribution is 6.99. The largest absolute Gasteiger partial charge is 0.465 e. The molecule has 7 heteroatoms. The highest BCUT2D eigenvalue weighted by atomic mass is 32.1. The monoisotopic (exact) mass is 304 g/mol. The van der Waals surface area contributed by atoms with Gasteiger partial charge in [0.2, 0.25) is 5.91 Å². The van der Waals surface area contributed by atoms with Crippen LogP contribution in [0.5, 0.6) is 0 Å². The van der Waals surface area contributed by atoms with E-state index in [1.165, 1.54) is 17.8 Å². The smallest absolute Gasteiger partial charge is 0.244 e. The van der Waals surface area contributed by atoms with Gasteiger partial charge in [0.05, 0.1) is 24.2 Å². The normalized spacial score (nSPS) is 16.5. The van der Waals surface area contributed by atoms with Crippen molar-refractivity contribution < 1.29 is 9.21 Å². The molecule has 6 nitrogen and oxygen atoms in total. The maximum atomic E-state index is 11.8. The molecule has 1 N–H and O–H groups in total. The molecule has 3 rings (SSSR count). The van der Waals surface area contributed by atoms with E-state index in [4.69, 9.17) is 4.42 Å². The Balaban J connectivity index is 1.46. The molecule has 0 saturated carbocycles. The van der Waals surface area contributed by atoms with Gasteiger partial charge in [0.1, 0.15) is 5.76 Å². The lowest BCUT2D eigenvalue weighted by molar-refractivity contribution is -0.117. The highest BCUT2D eigenvalue weighted by Gasteiger charge is 2.21. The quantitative estimate of drug-likeness (QED) is 0.874. The van der Waals surface area contributed by atoms with Gasteiger partial charge in [0, 0.05) is 25.2 Å². The molecule has 0 atom stereocenters. The Labute approximate surface area is 126 Å². The number of aromatic nitrogens is 2. The number of nitrogens with zero attached hydrogens (tertiary/aromatic N) is 3. The molecule has 0 bridgehead atoms. The number of anilines is 1. The molecule has 0 radical (unpaired) electrons. The van der Waals surface area contributed by atoms with Gasteiger partial charge in [-0.1, -0.05) is 0 Å². The molecule has 1 saturated heterocycles. The zero-order chi connectivity index (χ0) is 14.5. The Morgan fingerprint density at radius 1 is 1.48 bits per heavy atom. The van der Waals surface area contributed by atoms with Crippen LogP contribution in [0.2, 0.25) is 0 Å². The summed E-state index contributed by atoms with van der Waals surface area (Å²) in [5, 5.41) is 3.02. The van der Waals surface area contributed by atoms with Gasteiger partial charge in [0.25, 0.3) is 0 Å². The Hall–Kier alpha value is -2.15. The third-order valence-corrected chi connectivity index (χ3v) is 3.93. The second-order valence-corrected chi connectivity index (χ2v) is 5.44. The van der Waals surface area contributed by atoms with E-state index in [1.54, 1.807) is 24.6 Å². The number of piperidine rings is 1. The first kappa shape index (κ1) is 13.8. The predicted molar refractivity (Wildman–Crippen MR) is 81.0 cm³/mol. The summed E-state index contributed by atoms with van der Waals surface area (Å²) in [7, 11) is 0. The summed E-state index contributed by atoms with van der Waals surface area (Å²) >= 11 is 1.22. The van der Waals surface area contributed by atoms with Gasteiger partial charge in [-0.2, -0.15) is 8.75 Å². The molecule has 2 aromatic rings. The first-order chi connectivity index (χ1) is 10.3. The zero-order valence-electron chi connectivity index (χ0n) is 11.4. The van der Waals surface area contributed by atoms with Gasteiger partial charge in [0.15, 0.2) is 5.82 Å². The maximum absolute atomic E-state index is 11.8. The number of nitrogens with one attached hydrogen (secondary N) is 1. The first-order valence-electron chi connectivity index (χ1n) is 6.86. The summed E-state index contributed by atoms with van der Waals surface area (Å²) in [4.78, 5) is 14.0. The minimum atomic E-state index is -0.0832. The van der Waals surface area contributed by atoms with Gasteiger partial charge < -0.3 is 14.6 Å². The summed E-state index contributed by atoms with van der Waals surface area (Å²) < 4.78 is 13.4. The van der Waals surface area contributed by atoms with Gasteiger partial charge >= 0.3 is 0 Å². The average Bonchev–Trinajstić information content (AvgIpc) is 3.19. The van der Waals surface area contributed by atoms with Crippen LogP contribution in [0.3, 0.4) is 0 Å². The third kappa shape index (κ3) is 3.69. The van der Waals surface area contributed by atoms with Crippen molar-refractivity contribution >= 4 is 29.5 Å². The predicted octanol–water partition coefficient (Wildman–Crippen LogP) is 1.93. The van der Waals surface area contributed by atoms with Crippen LogP contribution in [-0.4, -0.2) is 33.8 Å². The van der Waals surface area contributed by atoms with E-state index in [-0.39, 0.29) is 11.9 Å². The summed E-state index contributed by atoms with van der Waals surface area (Å²) in [5.74, 6) is 1.53. The van der Waals surface area contributed by atoms with Crippen LogP contribution in [0.1, 0.15) is 18.6 Å². The van der Waals surface area contributed by atoms with Gasteiger partial charge in [-0.3, -0.25) is 4.79 Å². The lowest BCUT2D eigenvalue weighted by Gasteiger charge is -2.31. The molecule has 0 aliphatic carbocycles. The van der Waals surface area contributed by atoms with E-state index >= 15 is 0 Å². The van der Waals surface area contributed by atoms with E-state index in [2.05, 4.69) is 19.0 Å². The van der Waals surface area contributed by atoms with Crippen LogP contribution in [0.15, 0.2) is 35.1 Å². The van der Waals surface area contributed by atoms with Gasteiger partial charge in [-0.15, -0.1) is 0 Å². The van der Waals surface area contributed by atoms with Crippen molar-refractivity contribution in [3.8, 4) is 0 Å². The molecule has 1 aliphatic heterocycles. The Morgan fingerprint density at radius 3 is 3.00 bits per heavy atom. The van der Waals surface area contributed by atoms with Crippen molar-refractivity contribution in [2.45, 2.75) is 18.9 Å². The fourth-order valence-electron chi connectivity index (χ4n) is 2.35. The van der Waals surface area contributed by atoms with E-state index in [0.717, 1.165) is 31.7 Å². The minimum absolute atomic E-state index is 0.0832. The first-order valence-corrected chi connectivity index (χ1v) is 7.59. The molecule has 0 spiro atoms. The molecule has 1 amide bonds. The third-order valence-electron chi connectivity index (χ3n) is 3.46. The standard InChI is InChI=1S/C14H16N4O2S/c19-14(4-3-12-2-1-9-20-12)16-11-5-7-18(8-6-11)13-10-15-21-17-13/h1-4,9-11H,5-8H2,(H,16,19). The van der Waals surface area contributed by atoms with Crippen LogP contribution in [-0.2, 0) is 4.79 Å². The number of amides is 1. The van der Waals surface area contributed by atoms with Gasteiger partial charge in [-0.25, -0.2) is 0 Å². The van der Waals surface area contributed by atoms with E-state index in [0.29, 0.717) is 5.76 Å². The van der Waals surface area contributed by atoms with Crippen molar-refractivity contribution in [3.05, 3.63) is 36.4 Å². The maximum Gasteiger partial charge on any atom is 0.244 e. The van der Waals surface area contributed by atoms with Crippen molar-refractivity contribution in [1.29, 1.82) is 0 Å². The van der Waals surface area contributed by atoms with Crippen molar-refractivity contribution in [1.82, 2.24) is 14.1 Å². The van der Waals surface area contributed by atoms with Crippen molar-refractivity contribution in [2.24, 2.45) is 0 Å². The molecular weight excluding hydrogens is 288 g/mol. The molecular formula is C14H16N4O2S. The summed E-state index contributed by atoms with van der Waals surface area (Å²) in [6.07, 6.45) is 8.38. The van der Waals surface area contributed by atoms with Crippen molar-refractivity contribution in [3.63, 3.8) is 0 Å². The van der Waals surface area contributed by atoms with Crippen molar-refractivity contribution in [2.75, 3.05) is 18.0 Å². The topological polar surface area (TPSA) is 71.3 Å². The summed E-state index contributed by atoms with van der Waals surface area (Å²) in [6.45, 7) is 1.77. The van der Waals surface area contributed by atoms with Crippen LogP contribution in [0.25, 0.3) is 6.08 Å².